The Morgan fingerprint density at radius 2 is 0.878 bits per heavy atom. The molecule has 0 saturated heterocycles. The summed E-state index contributed by atoms with van der Waals surface area (Å²) < 4.78 is 10.3. The molecule has 228 valence electrons. The number of benzene rings is 2. The van der Waals surface area contributed by atoms with Gasteiger partial charge in [0.05, 0.1) is 0 Å². The molecule has 2 rings (SSSR count). The van der Waals surface area contributed by atoms with E-state index in [1.165, 1.54) is 0 Å². The standard InChI is InChI=1S/C35H52O6/c1-32(2,3)24-17-22(30(38)26(19-24)34(7,8)9)13-15-28(36)40-21-41-29(37)16-14-23-18-25(33(4,5)6)20-27(31(23)39)35(10,11)12/h17-20,38-39H,13-16,21H2,1-12H3. The van der Waals surface area contributed by atoms with Crippen LogP contribution < -0.4 is 0 Å². The number of hydrogen-bond donors (Lipinski definition) is 2. The van der Waals surface area contributed by atoms with Crippen LogP contribution in [0.5, 0.6) is 11.5 Å². The van der Waals surface area contributed by atoms with Crippen LogP contribution in [0.1, 0.15) is 129 Å². The van der Waals surface area contributed by atoms with Crippen molar-refractivity contribution >= 4 is 11.9 Å². The highest BCUT2D eigenvalue weighted by molar-refractivity contribution is 5.72. The summed E-state index contributed by atoms with van der Waals surface area (Å²) in [6.45, 7) is 24.5. The number of carbonyl (C=O) groups is 2. The predicted molar refractivity (Wildman–Crippen MR) is 165 cm³/mol. The van der Waals surface area contributed by atoms with Gasteiger partial charge in [-0.15, -0.1) is 0 Å². The van der Waals surface area contributed by atoms with Gasteiger partial charge in [-0.1, -0.05) is 107 Å². The third-order valence-corrected chi connectivity index (χ3v) is 7.36. The third kappa shape index (κ3) is 9.51. The third-order valence-electron chi connectivity index (χ3n) is 7.36. The van der Waals surface area contributed by atoms with Crippen molar-refractivity contribution in [1.82, 2.24) is 0 Å². The van der Waals surface area contributed by atoms with Crippen LogP contribution in [0, 0.1) is 0 Å². The molecular weight excluding hydrogens is 516 g/mol. The highest BCUT2D eigenvalue weighted by Crippen LogP contribution is 2.39. The number of aryl methyl sites for hydroxylation is 2. The number of esters is 2. The summed E-state index contributed by atoms with van der Waals surface area (Å²) in [6.07, 6.45) is 0.715. The monoisotopic (exact) mass is 568 g/mol. The minimum Gasteiger partial charge on any atom is -0.507 e. The van der Waals surface area contributed by atoms with Crippen LogP contribution in [0.15, 0.2) is 24.3 Å². The summed E-state index contributed by atoms with van der Waals surface area (Å²) in [4.78, 5) is 24.9. The molecule has 0 saturated carbocycles. The van der Waals surface area contributed by atoms with Crippen LogP contribution in [-0.4, -0.2) is 28.9 Å². The van der Waals surface area contributed by atoms with E-state index in [4.69, 9.17) is 9.47 Å². The molecule has 2 aromatic rings. The van der Waals surface area contributed by atoms with Crippen LogP contribution in [0.4, 0.5) is 0 Å². The first kappa shape index (κ1) is 34.2. The van der Waals surface area contributed by atoms with Gasteiger partial charge in [-0.25, -0.2) is 0 Å². The molecule has 41 heavy (non-hydrogen) atoms. The van der Waals surface area contributed by atoms with E-state index in [-0.39, 0.29) is 46.0 Å². The van der Waals surface area contributed by atoms with Gasteiger partial charge in [0.1, 0.15) is 11.5 Å². The van der Waals surface area contributed by atoms with Crippen molar-refractivity contribution in [2.24, 2.45) is 0 Å². The fraction of sp³-hybridized carbons (Fsp3) is 0.600. The highest BCUT2D eigenvalue weighted by atomic mass is 16.7. The van der Waals surface area contributed by atoms with E-state index in [0.717, 1.165) is 22.3 Å². The lowest BCUT2D eigenvalue weighted by molar-refractivity contribution is -0.167. The zero-order valence-electron chi connectivity index (χ0n) is 27.4. The minimum absolute atomic E-state index is 0.0470. The molecule has 0 heterocycles. The quantitative estimate of drug-likeness (QED) is 0.248. The minimum atomic E-state index is -0.513. The first-order valence-corrected chi connectivity index (χ1v) is 14.6. The first-order valence-electron chi connectivity index (χ1n) is 14.6. The van der Waals surface area contributed by atoms with Crippen molar-refractivity contribution in [3.63, 3.8) is 0 Å². The van der Waals surface area contributed by atoms with Crippen LogP contribution in [-0.2, 0) is 53.6 Å². The Bertz CT molecular complexity index is 1150. The van der Waals surface area contributed by atoms with Gasteiger partial charge in [0.15, 0.2) is 0 Å². The number of aromatic hydroxyl groups is 2. The van der Waals surface area contributed by atoms with Gasteiger partial charge in [0.25, 0.3) is 0 Å². The molecule has 0 bridgehead atoms. The second kappa shape index (κ2) is 12.5. The van der Waals surface area contributed by atoms with Crippen molar-refractivity contribution in [2.75, 3.05) is 6.79 Å². The van der Waals surface area contributed by atoms with Crippen molar-refractivity contribution < 1.29 is 29.3 Å². The Balaban J connectivity index is 1.99. The molecule has 0 atom stereocenters. The molecule has 0 aliphatic carbocycles. The summed E-state index contributed by atoms with van der Waals surface area (Å²) in [5.41, 5.74) is 4.52. The number of carbonyl (C=O) groups excluding carboxylic acids is 2. The Morgan fingerprint density at radius 1 is 0.561 bits per heavy atom. The summed E-state index contributed by atoms with van der Waals surface area (Å²) in [5, 5.41) is 21.9. The van der Waals surface area contributed by atoms with Crippen LogP contribution >= 0.6 is 0 Å². The van der Waals surface area contributed by atoms with Gasteiger partial charge in [0.2, 0.25) is 6.79 Å². The van der Waals surface area contributed by atoms with Crippen molar-refractivity contribution in [3.8, 4) is 11.5 Å². The maximum atomic E-state index is 12.4. The van der Waals surface area contributed by atoms with E-state index in [0.29, 0.717) is 24.0 Å². The molecule has 0 amide bonds. The average Bonchev–Trinajstić information content (AvgIpc) is 2.79. The molecule has 6 nitrogen and oxygen atoms in total. The highest BCUT2D eigenvalue weighted by Gasteiger charge is 2.26. The molecule has 2 aromatic carbocycles. The Hall–Kier alpha value is -3.02. The lowest BCUT2D eigenvalue weighted by atomic mass is 9.78. The molecule has 0 fully saturated rings. The van der Waals surface area contributed by atoms with E-state index in [9.17, 15) is 19.8 Å². The second-order valence-electron chi connectivity index (χ2n) is 15.2. The topological polar surface area (TPSA) is 93.1 Å². The fourth-order valence-electron chi connectivity index (χ4n) is 4.56. The predicted octanol–water partition coefficient (Wildman–Crippen LogP) is 7.90. The normalized spacial score (nSPS) is 12.8. The lowest BCUT2D eigenvalue weighted by Crippen LogP contribution is -2.18. The zero-order chi connectivity index (χ0) is 31.6. The summed E-state index contributed by atoms with van der Waals surface area (Å²) in [6, 6.07) is 7.99. The maximum Gasteiger partial charge on any atom is 0.308 e. The zero-order valence-corrected chi connectivity index (χ0v) is 27.4. The molecule has 0 aliphatic heterocycles. The number of rotatable bonds is 8. The molecule has 2 N–H and O–H groups in total. The van der Waals surface area contributed by atoms with Gasteiger partial charge in [0, 0.05) is 12.8 Å². The molecule has 6 heteroatoms. The molecule has 0 radical (unpaired) electrons. The van der Waals surface area contributed by atoms with E-state index in [1.54, 1.807) is 0 Å². The van der Waals surface area contributed by atoms with E-state index < -0.39 is 18.7 Å². The van der Waals surface area contributed by atoms with E-state index >= 15 is 0 Å². The maximum absolute atomic E-state index is 12.4. The number of phenolic OH excluding ortho intramolecular Hbond substituents is 2. The Labute approximate surface area is 247 Å². The number of phenols is 2. The van der Waals surface area contributed by atoms with E-state index in [1.807, 2.05) is 65.8 Å². The second-order valence-corrected chi connectivity index (χ2v) is 15.2. The van der Waals surface area contributed by atoms with Gasteiger partial charge < -0.3 is 19.7 Å². The molecule has 0 spiro atoms. The van der Waals surface area contributed by atoms with Gasteiger partial charge in [-0.05, 0) is 67.9 Å². The molecule has 0 unspecified atom stereocenters. The van der Waals surface area contributed by atoms with Gasteiger partial charge in [-0.2, -0.15) is 0 Å². The first-order chi connectivity index (χ1) is 18.5. The summed E-state index contributed by atoms with van der Waals surface area (Å²) in [7, 11) is 0. The van der Waals surface area contributed by atoms with Crippen molar-refractivity contribution in [1.29, 1.82) is 0 Å². The van der Waals surface area contributed by atoms with Crippen LogP contribution in [0.25, 0.3) is 0 Å². The molecular formula is C35H52O6. The average molecular weight is 569 g/mol. The Morgan fingerprint density at radius 3 is 1.15 bits per heavy atom. The van der Waals surface area contributed by atoms with Crippen molar-refractivity contribution in [2.45, 2.75) is 130 Å². The lowest BCUT2D eigenvalue weighted by Gasteiger charge is -2.27. The molecule has 0 aliphatic rings. The van der Waals surface area contributed by atoms with Crippen LogP contribution in [0.2, 0.25) is 0 Å². The summed E-state index contributed by atoms with van der Waals surface area (Å²) in [5.74, 6) is -0.613. The number of ether oxygens (including phenoxy) is 2. The smallest absolute Gasteiger partial charge is 0.308 e. The summed E-state index contributed by atoms with van der Waals surface area (Å²) >= 11 is 0. The molecule has 0 aromatic heterocycles. The van der Waals surface area contributed by atoms with E-state index in [2.05, 4.69) is 41.5 Å². The fourth-order valence-corrected chi connectivity index (χ4v) is 4.56. The number of hydrogen-bond acceptors (Lipinski definition) is 6. The van der Waals surface area contributed by atoms with Gasteiger partial charge >= 0.3 is 11.9 Å². The Kier molecular flexibility index (Phi) is 10.4. The van der Waals surface area contributed by atoms with Crippen molar-refractivity contribution in [3.05, 3.63) is 57.6 Å². The largest absolute Gasteiger partial charge is 0.507 e. The SMILES string of the molecule is CC(C)(C)c1cc(CCC(=O)OCOC(=O)CCc2cc(C(C)(C)C)cc(C(C)(C)C)c2O)c(O)c(C(C)(C)C)c1. The van der Waals surface area contributed by atoms with Crippen LogP contribution in [0.3, 0.4) is 0 Å². The van der Waals surface area contributed by atoms with Gasteiger partial charge in [-0.3, -0.25) is 9.59 Å².